The maximum atomic E-state index is 5.84. The fourth-order valence-corrected chi connectivity index (χ4v) is 2.43. The maximum absolute atomic E-state index is 5.84. The predicted octanol–water partition coefficient (Wildman–Crippen LogP) is 5.24. The van der Waals surface area contributed by atoms with E-state index in [0.29, 0.717) is 5.92 Å². The molecule has 0 aromatic heterocycles. The minimum absolute atomic E-state index is 0.185. The molecule has 114 valence electrons. The first kappa shape index (κ1) is 16.9. The van der Waals surface area contributed by atoms with E-state index in [1.54, 1.807) is 0 Å². The molecule has 1 rings (SSSR count). The second-order valence-electron chi connectivity index (χ2n) is 6.24. The standard InChI is InChI=1S/C18H30O2/c1-7-8-15(6)9-16-10-17(19-13(2)3)12-18(11-16)20-14(4)5/h10-15H,7-9H2,1-6H3. The van der Waals surface area contributed by atoms with E-state index in [2.05, 4.69) is 53.7 Å². The highest BCUT2D eigenvalue weighted by molar-refractivity contribution is 5.39. The number of rotatable bonds is 8. The monoisotopic (exact) mass is 278 g/mol. The van der Waals surface area contributed by atoms with Crippen molar-refractivity contribution in [2.45, 2.75) is 73.0 Å². The van der Waals surface area contributed by atoms with Gasteiger partial charge in [-0.3, -0.25) is 0 Å². The lowest BCUT2D eigenvalue weighted by Crippen LogP contribution is -2.09. The molecule has 1 aromatic carbocycles. The molecule has 2 heteroatoms. The van der Waals surface area contributed by atoms with Crippen LogP contribution in [0.15, 0.2) is 18.2 Å². The van der Waals surface area contributed by atoms with E-state index in [1.165, 1.54) is 18.4 Å². The third kappa shape index (κ3) is 6.31. The Morgan fingerprint density at radius 2 is 1.35 bits per heavy atom. The van der Waals surface area contributed by atoms with Gasteiger partial charge in [0.05, 0.1) is 12.2 Å². The Morgan fingerprint density at radius 3 is 1.75 bits per heavy atom. The van der Waals surface area contributed by atoms with Crippen LogP contribution in [0.1, 0.15) is 59.9 Å². The van der Waals surface area contributed by atoms with E-state index in [1.807, 2.05) is 6.07 Å². The van der Waals surface area contributed by atoms with E-state index < -0.39 is 0 Å². The van der Waals surface area contributed by atoms with Crippen LogP contribution >= 0.6 is 0 Å². The average molecular weight is 278 g/mol. The van der Waals surface area contributed by atoms with Crippen molar-refractivity contribution in [3.63, 3.8) is 0 Å². The van der Waals surface area contributed by atoms with Crippen molar-refractivity contribution < 1.29 is 9.47 Å². The van der Waals surface area contributed by atoms with E-state index >= 15 is 0 Å². The summed E-state index contributed by atoms with van der Waals surface area (Å²) in [5.74, 6) is 2.52. The first-order valence-electron chi connectivity index (χ1n) is 7.88. The quantitative estimate of drug-likeness (QED) is 0.647. The summed E-state index contributed by atoms with van der Waals surface area (Å²) in [7, 11) is 0. The molecule has 0 N–H and O–H groups in total. The van der Waals surface area contributed by atoms with Crippen LogP contribution in [0.5, 0.6) is 11.5 Å². The third-order valence-electron chi connectivity index (χ3n) is 3.05. The zero-order chi connectivity index (χ0) is 15.1. The molecule has 0 fully saturated rings. The van der Waals surface area contributed by atoms with Crippen LogP contribution in [0.25, 0.3) is 0 Å². The number of benzene rings is 1. The van der Waals surface area contributed by atoms with Crippen molar-refractivity contribution in [2.24, 2.45) is 5.92 Å². The van der Waals surface area contributed by atoms with Crippen molar-refractivity contribution in [1.29, 1.82) is 0 Å². The van der Waals surface area contributed by atoms with Crippen molar-refractivity contribution in [2.75, 3.05) is 0 Å². The lowest BCUT2D eigenvalue weighted by molar-refractivity contribution is 0.228. The fourth-order valence-electron chi connectivity index (χ4n) is 2.43. The molecule has 0 amide bonds. The Hall–Kier alpha value is -1.18. The zero-order valence-electron chi connectivity index (χ0n) is 13.9. The SMILES string of the molecule is CCCC(C)Cc1cc(OC(C)C)cc(OC(C)C)c1. The summed E-state index contributed by atoms with van der Waals surface area (Å²) in [5.41, 5.74) is 1.31. The van der Waals surface area contributed by atoms with E-state index in [4.69, 9.17) is 9.47 Å². The topological polar surface area (TPSA) is 18.5 Å². The Bertz CT molecular complexity index is 368. The molecule has 1 aromatic rings. The van der Waals surface area contributed by atoms with Gasteiger partial charge in [-0.25, -0.2) is 0 Å². The number of hydrogen-bond acceptors (Lipinski definition) is 2. The highest BCUT2D eigenvalue weighted by atomic mass is 16.5. The van der Waals surface area contributed by atoms with Gasteiger partial charge in [0.15, 0.2) is 0 Å². The summed E-state index contributed by atoms with van der Waals surface area (Å²) in [4.78, 5) is 0. The predicted molar refractivity (Wildman–Crippen MR) is 85.7 cm³/mol. The average Bonchev–Trinajstić information content (AvgIpc) is 2.26. The van der Waals surface area contributed by atoms with Gasteiger partial charge >= 0.3 is 0 Å². The number of ether oxygens (including phenoxy) is 2. The van der Waals surface area contributed by atoms with Crippen molar-refractivity contribution in [1.82, 2.24) is 0 Å². The summed E-state index contributed by atoms with van der Waals surface area (Å²) in [6, 6.07) is 6.30. The van der Waals surface area contributed by atoms with Gasteiger partial charge in [-0.2, -0.15) is 0 Å². The van der Waals surface area contributed by atoms with Crippen molar-refractivity contribution in [3.8, 4) is 11.5 Å². The Kier molecular flexibility index (Phi) is 6.90. The number of hydrogen-bond donors (Lipinski definition) is 0. The summed E-state index contributed by atoms with van der Waals surface area (Å²) < 4.78 is 11.7. The second kappa shape index (κ2) is 8.18. The molecular formula is C18H30O2. The molecule has 2 nitrogen and oxygen atoms in total. The van der Waals surface area contributed by atoms with Crippen LogP contribution in [-0.2, 0) is 6.42 Å². The molecule has 0 aliphatic rings. The lowest BCUT2D eigenvalue weighted by Gasteiger charge is -2.17. The molecule has 0 spiro atoms. The Labute approximate surface area is 124 Å². The molecule has 0 saturated carbocycles. The minimum Gasteiger partial charge on any atom is -0.491 e. The zero-order valence-corrected chi connectivity index (χ0v) is 13.9. The summed E-state index contributed by atoms with van der Waals surface area (Å²) in [6.07, 6.45) is 3.95. The Morgan fingerprint density at radius 1 is 0.850 bits per heavy atom. The molecule has 0 heterocycles. The molecule has 0 aliphatic heterocycles. The van der Waals surface area contributed by atoms with Crippen LogP contribution in [0.4, 0.5) is 0 Å². The molecule has 0 bridgehead atoms. The summed E-state index contributed by atoms with van der Waals surface area (Å²) in [6.45, 7) is 12.7. The van der Waals surface area contributed by atoms with Gasteiger partial charge in [-0.05, 0) is 57.7 Å². The fraction of sp³-hybridized carbons (Fsp3) is 0.667. The normalized spacial score (nSPS) is 12.8. The highest BCUT2D eigenvalue weighted by Crippen LogP contribution is 2.27. The van der Waals surface area contributed by atoms with Gasteiger partial charge in [0.1, 0.15) is 11.5 Å². The van der Waals surface area contributed by atoms with E-state index in [-0.39, 0.29) is 12.2 Å². The maximum Gasteiger partial charge on any atom is 0.123 e. The molecule has 0 saturated heterocycles. The van der Waals surface area contributed by atoms with Gasteiger partial charge in [-0.15, -0.1) is 0 Å². The molecule has 1 atom stereocenters. The molecule has 0 aliphatic carbocycles. The van der Waals surface area contributed by atoms with Gasteiger partial charge in [0.25, 0.3) is 0 Å². The molecule has 0 radical (unpaired) electrons. The second-order valence-corrected chi connectivity index (χ2v) is 6.24. The summed E-state index contributed by atoms with van der Waals surface area (Å²) in [5, 5.41) is 0. The van der Waals surface area contributed by atoms with E-state index in [0.717, 1.165) is 17.9 Å². The highest BCUT2D eigenvalue weighted by Gasteiger charge is 2.09. The van der Waals surface area contributed by atoms with Gasteiger partial charge in [0, 0.05) is 6.07 Å². The van der Waals surface area contributed by atoms with Gasteiger partial charge in [0.2, 0.25) is 0 Å². The summed E-state index contributed by atoms with van der Waals surface area (Å²) >= 11 is 0. The minimum atomic E-state index is 0.185. The molecule has 20 heavy (non-hydrogen) atoms. The van der Waals surface area contributed by atoms with E-state index in [9.17, 15) is 0 Å². The van der Waals surface area contributed by atoms with Crippen molar-refractivity contribution in [3.05, 3.63) is 23.8 Å². The largest absolute Gasteiger partial charge is 0.491 e. The first-order chi connectivity index (χ1) is 9.40. The molecule has 1 unspecified atom stereocenters. The van der Waals surface area contributed by atoms with Gasteiger partial charge in [-0.1, -0.05) is 26.7 Å². The van der Waals surface area contributed by atoms with Crippen LogP contribution < -0.4 is 9.47 Å². The van der Waals surface area contributed by atoms with Crippen LogP contribution in [0.3, 0.4) is 0 Å². The molecular weight excluding hydrogens is 248 g/mol. The third-order valence-corrected chi connectivity index (χ3v) is 3.05. The smallest absolute Gasteiger partial charge is 0.123 e. The van der Waals surface area contributed by atoms with Crippen LogP contribution in [0, 0.1) is 5.92 Å². The van der Waals surface area contributed by atoms with Crippen molar-refractivity contribution >= 4 is 0 Å². The van der Waals surface area contributed by atoms with Crippen LogP contribution in [0.2, 0.25) is 0 Å². The van der Waals surface area contributed by atoms with Crippen LogP contribution in [-0.4, -0.2) is 12.2 Å². The van der Waals surface area contributed by atoms with Gasteiger partial charge < -0.3 is 9.47 Å². The lowest BCUT2D eigenvalue weighted by atomic mass is 9.97. The Balaban J connectivity index is 2.90. The first-order valence-corrected chi connectivity index (χ1v) is 7.88.